The van der Waals surface area contributed by atoms with E-state index in [1.807, 2.05) is 78.9 Å². The summed E-state index contributed by atoms with van der Waals surface area (Å²) in [4.78, 5) is 4.91. The fraction of sp³-hybridized carbons (Fsp3) is 0. The Hall–Kier alpha value is -3.66. The van der Waals surface area contributed by atoms with E-state index in [4.69, 9.17) is 4.89 Å². The van der Waals surface area contributed by atoms with Gasteiger partial charge in [-0.25, -0.2) is 0 Å². The summed E-state index contributed by atoms with van der Waals surface area (Å²) in [6.45, 7) is 0. The van der Waals surface area contributed by atoms with Gasteiger partial charge in [-0.05, 0) is 45.0 Å². The quantitative estimate of drug-likeness (QED) is 0.0618. The zero-order valence-corrected chi connectivity index (χ0v) is 20.6. The first-order valence-electron chi connectivity index (χ1n) is 10.8. The molecule has 0 fully saturated rings. The molecule has 4 aromatic carbocycles. The second-order valence-electron chi connectivity index (χ2n) is 7.69. The van der Waals surface area contributed by atoms with Crippen LogP contribution in [0.5, 0.6) is 5.75 Å². The zero-order chi connectivity index (χ0) is 25.4. The summed E-state index contributed by atoms with van der Waals surface area (Å²) in [5.74, 6) is 0.495. The van der Waals surface area contributed by atoms with Crippen molar-refractivity contribution in [2.45, 2.75) is 4.90 Å². The van der Waals surface area contributed by atoms with Crippen molar-refractivity contribution in [1.82, 2.24) is 0 Å². The first-order valence-corrected chi connectivity index (χ1v) is 12.6. The van der Waals surface area contributed by atoms with Crippen LogP contribution < -0.4 is 4.89 Å². The number of benzene rings is 4. The summed E-state index contributed by atoms with van der Waals surface area (Å²) in [5.41, 5.74) is 5.25. The molecule has 182 valence electrons. The monoisotopic (exact) mass is 518 g/mol. The molecule has 0 aliphatic rings. The van der Waals surface area contributed by atoms with Gasteiger partial charge < -0.3 is 4.89 Å². The number of hydrogen-bond donors (Lipinski definition) is 2. The standard InChI is InChI=1S/C28H22O6S2/c29-36(30,31)28-8-4-2-6-26(28)20-14-22-11-17-24(18-12-22)23-15-9-21(10-16-23)13-19-25-5-1-3-7-27(25)32-33-34-35/h1-20,35H,(H,29,30,31)/b19-13+,20-14+. The molecule has 0 amide bonds. The fourth-order valence-corrected chi connectivity index (χ4v) is 4.26. The predicted octanol–water partition coefficient (Wildman–Crippen LogP) is 7.03. The average molecular weight is 519 g/mol. The minimum absolute atomic E-state index is 0.122. The van der Waals surface area contributed by atoms with E-state index in [1.165, 1.54) is 6.07 Å². The Morgan fingerprint density at radius 3 is 1.69 bits per heavy atom. The maximum atomic E-state index is 11.6. The van der Waals surface area contributed by atoms with Crippen LogP contribution in [-0.4, -0.2) is 13.0 Å². The number of hydrogen-bond acceptors (Lipinski definition) is 6. The van der Waals surface area contributed by atoms with Crippen LogP contribution in [0.2, 0.25) is 0 Å². The Balaban J connectivity index is 1.45. The molecule has 6 nitrogen and oxygen atoms in total. The fourth-order valence-electron chi connectivity index (χ4n) is 3.54. The molecule has 0 atom stereocenters. The highest BCUT2D eigenvalue weighted by Gasteiger charge is 2.12. The second kappa shape index (κ2) is 11.9. The Morgan fingerprint density at radius 2 is 1.14 bits per heavy atom. The van der Waals surface area contributed by atoms with Crippen LogP contribution in [-0.2, 0) is 19.5 Å². The minimum atomic E-state index is -4.29. The highest BCUT2D eigenvalue weighted by atomic mass is 32.2. The summed E-state index contributed by atoms with van der Waals surface area (Å²) in [6.07, 6.45) is 7.34. The van der Waals surface area contributed by atoms with Crippen molar-refractivity contribution < 1.29 is 27.2 Å². The minimum Gasteiger partial charge on any atom is -0.307 e. The van der Waals surface area contributed by atoms with E-state index >= 15 is 0 Å². The van der Waals surface area contributed by atoms with E-state index in [9.17, 15) is 13.0 Å². The largest absolute Gasteiger partial charge is 0.307 e. The molecule has 4 rings (SSSR count). The highest BCUT2D eigenvalue weighted by molar-refractivity contribution is 7.86. The number of rotatable bonds is 9. The van der Waals surface area contributed by atoms with Gasteiger partial charge in [-0.3, -0.25) is 4.55 Å². The molecule has 0 heterocycles. The lowest BCUT2D eigenvalue weighted by Gasteiger charge is -2.05. The molecule has 0 bridgehead atoms. The smallest absolute Gasteiger partial charge is 0.295 e. The van der Waals surface area contributed by atoms with Gasteiger partial charge in [0, 0.05) is 18.5 Å². The van der Waals surface area contributed by atoms with Crippen LogP contribution in [0.25, 0.3) is 35.4 Å². The molecule has 4 aromatic rings. The van der Waals surface area contributed by atoms with Gasteiger partial charge in [-0.1, -0.05) is 109 Å². The van der Waals surface area contributed by atoms with Gasteiger partial charge in [0.05, 0.1) is 0 Å². The van der Waals surface area contributed by atoms with Crippen LogP contribution in [0.1, 0.15) is 22.3 Å². The second-order valence-corrected chi connectivity index (χ2v) is 9.23. The van der Waals surface area contributed by atoms with Crippen molar-refractivity contribution in [3.8, 4) is 16.9 Å². The van der Waals surface area contributed by atoms with Crippen LogP contribution in [0.4, 0.5) is 0 Å². The Kier molecular flexibility index (Phi) is 8.37. The summed E-state index contributed by atoms with van der Waals surface area (Å²) in [5, 5.41) is 4.43. The summed E-state index contributed by atoms with van der Waals surface area (Å²) in [7, 11) is -4.29. The van der Waals surface area contributed by atoms with Crippen LogP contribution in [0, 0.1) is 0 Å². The molecule has 0 saturated heterocycles. The van der Waals surface area contributed by atoms with Crippen molar-refractivity contribution in [2.75, 3.05) is 0 Å². The van der Waals surface area contributed by atoms with Crippen molar-refractivity contribution in [2.24, 2.45) is 0 Å². The lowest BCUT2D eigenvalue weighted by molar-refractivity contribution is -0.402. The Labute approximate surface area is 215 Å². The van der Waals surface area contributed by atoms with Gasteiger partial charge in [0.2, 0.25) is 0 Å². The SMILES string of the molecule is O=S(=O)(O)c1ccccc1/C=C/c1ccc(-c2ccc(/C=C/c3ccccc3OOOS)cc2)cc1. The Morgan fingerprint density at radius 1 is 0.639 bits per heavy atom. The van der Waals surface area contributed by atoms with Crippen LogP contribution >= 0.6 is 12.9 Å². The maximum absolute atomic E-state index is 11.6. The summed E-state index contributed by atoms with van der Waals surface area (Å²) < 4.78 is 36.7. The molecular weight excluding hydrogens is 496 g/mol. The van der Waals surface area contributed by atoms with Gasteiger partial charge >= 0.3 is 0 Å². The molecule has 0 radical (unpaired) electrons. The molecule has 0 unspecified atom stereocenters. The third-order valence-corrected chi connectivity index (χ3v) is 6.32. The molecule has 0 aliphatic heterocycles. The topological polar surface area (TPSA) is 82.1 Å². The van der Waals surface area contributed by atoms with Gasteiger partial charge in [0.1, 0.15) is 4.90 Å². The highest BCUT2D eigenvalue weighted by Crippen LogP contribution is 2.24. The lowest BCUT2D eigenvalue weighted by atomic mass is 10.0. The molecule has 36 heavy (non-hydrogen) atoms. The predicted molar refractivity (Wildman–Crippen MR) is 144 cm³/mol. The molecular formula is C28H22O6S2. The Bertz CT molecular complexity index is 1480. The van der Waals surface area contributed by atoms with E-state index in [0.29, 0.717) is 11.3 Å². The van der Waals surface area contributed by atoms with Crippen molar-refractivity contribution >= 4 is 47.3 Å². The summed E-state index contributed by atoms with van der Waals surface area (Å²) >= 11 is 3.48. The van der Waals surface area contributed by atoms with E-state index in [2.05, 4.69) is 22.3 Å². The number of thiol groups is 1. The third kappa shape index (κ3) is 6.72. The van der Waals surface area contributed by atoms with E-state index in [0.717, 1.165) is 27.8 Å². The van der Waals surface area contributed by atoms with E-state index < -0.39 is 10.1 Å². The van der Waals surface area contributed by atoms with E-state index in [1.54, 1.807) is 36.4 Å². The van der Waals surface area contributed by atoms with Crippen molar-refractivity contribution in [3.63, 3.8) is 0 Å². The van der Waals surface area contributed by atoms with Gasteiger partial charge in [0.15, 0.2) is 5.75 Å². The van der Waals surface area contributed by atoms with Gasteiger partial charge in [-0.15, -0.1) is 4.33 Å². The summed E-state index contributed by atoms with van der Waals surface area (Å²) in [6, 6.07) is 29.6. The maximum Gasteiger partial charge on any atom is 0.295 e. The normalized spacial score (nSPS) is 11.8. The van der Waals surface area contributed by atoms with Crippen LogP contribution in [0.15, 0.2) is 102 Å². The molecule has 8 heteroatoms. The van der Waals surface area contributed by atoms with Crippen LogP contribution in [0.3, 0.4) is 0 Å². The van der Waals surface area contributed by atoms with Gasteiger partial charge in [-0.2, -0.15) is 8.42 Å². The molecule has 0 saturated carbocycles. The average Bonchev–Trinajstić information content (AvgIpc) is 2.90. The van der Waals surface area contributed by atoms with E-state index in [-0.39, 0.29) is 4.90 Å². The van der Waals surface area contributed by atoms with Crippen molar-refractivity contribution in [1.29, 1.82) is 0 Å². The molecule has 0 aromatic heterocycles. The zero-order valence-electron chi connectivity index (χ0n) is 18.9. The van der Waals surface area contributed by atoms with Gasteiger partial charge in [0.25, 0.3) is 10.1 Å². The van der Waals surface area contributed by atoms with Crippen molar-refractivity contribution in [3.05, 3.63) is 119 Å². The first kappa shape index (κ1) is 25.4. The third-order valence-electron chi connectivity index (χ3n) is 5.34. The first-order chi connectivity index (χ1) is 17.4. The molecule has 0 spiro atoms. The molecule has 0 aliphatic carbocycles. The lowest BCUT2D eigenvalue weighted by Crippen LogP contribution is -2.00. The number of para-hydroxylation sites is 1. The molecule has 1 N–H and O–H groups in total.